The molecule has 1 N–H and O–H groups in total. The third kappa shape index (κ3) is 2.51. The predicted octanol–water partition coefficient (Wildman–Crippen LogP) is 5.34. The second-order valence-corrected chi connectivity index (χ2v) is 6.21. The summed E-state index contributed by atoms with van der Waals surface area (Å²) < 4.78 is 44.4. The van der Waals surface area contributed by atoms with Gasteiger partial charge in [0.1, 0.15) is 11.5 Å². The maximum Gasteiger partial charge on any atom is 0.416 e. The van der Waals surface area contributed by atoms with Gasteiger partial charge in [-0.3, -0.25) is 0 Å². The van der Waals surface area contributed by atoms with Crippen molar-refractivity contribution in [1.29, 1.82) is 0 Å². The van der Waals surface area contributed by atoms with E-state index in [1.165, 1.54) is 6.07 Å². The second kappa shape index (κ2) is 5.41. The van der Waals surface area contributed by atoms with E-state index in [2.05, 4.69) is 0 Å². The highest BCUT2D eigenvalue weighted by atomic mass is 19.4. The summed E-state index contributed by atoms with van der Waals surface area (Å²) in [4.78, 5) is 0. The first kappa shape index (κ1) is 15.8. The van der Waals surface area contributed by atoms with Crippen LogP contribution in [0.3, 0.4) is 0 Å². The first-order valence-corrected chi connectivity index (χ1v) is 7.91. The third-order valence-corrected chi connectivity index (χ3v) is 4.77. The van der Waals surface area contributed by atoms with Crippen LogP contribution in [0.1, 0.15) is 16.7 Å². The monoisotopic (exact) mass is 344 g/mol. The Hall–Kier alpha value is -2.69. The van der Waals surface area contributed by atoms with E-state index in [1.807, 2.05) is 18.2 Å². The van der Waals surface area contributed by atoms with Crippen LogP contribution in [0.5, 0.6) is 11.5 Å². The van der Waals surface area contributed by atoms with Crippen LogP contribution in [0.25, 0.3) is 21.9 Å². The zero-order valence-electron chi connectivity index (χ0n) is 13.4. The van der Waals surface area contributed by atoms with Gasteiger partial charge in [-0.15, -0.1) is 0 Å². The van der Waals surface area contributed by atoms with E-state index >= 15 is 0 Å². The first-order chi connectivity index (χ1) is 11.9. The molecule has 0 aliphatic heterocycles. The van der Waals surface area contributed by atoms with E-state index < -0.39 is 11.7 Å². The van der Waals surface area contributed by atoms with Gasteiger partial charge < -0.3 is 9.84 Å². The van der Waals surface area contributed by atoms with Crippen molar-refractivity contribution < 1.29 is 23.0 Å². The number of halogens is 3. The first-order valence-electron chi connectivity index (χ1n) is 7.91. The summed E-state index contributed by atoms with van der Waals surface area (Å²) in [5.74, 6) is 0.575. The predicted molar refractivity (Wildman–Crippen MR) is 90.0 cm³/mol. The summed E-state index contributed by atoms with van der Waals surface area (Å²) in [5, 5.41) is 11.1. The molecule has 0 saturated carbocycles. The lowest BCUT2D eigenvalue weighted by Crippen LogP contribution is -2.07. The van der Waals surface area contributed by atoms with Crippen molar-refractivity contribution in [3.05, 3.63) is 59.2 Å². The summed E-state index contributed by atoms with van der Waals surface area (Å²) in [6.07, 6.45) is -2.89. The Morgan fingerprint density at radius 1 is 0.920 bits per heavy atom. The second-order valence-electron chi connectivity index (χ2n) is 6.21. The van der Waals surface area contributed by atoms with Gasteiger partial charge in [-0.2, -0.15) is 13.2 Å². The third-order valence-electron chi connectivity index (χ3n) is 4.77. The molecule has 0 aromatic heterocycles. The van der Waals surface area contributed by atoms with E-state index in [9.17, 15) is 18.3 Å². The van der Waals surface area contributed by atoms with Gasteiger partial charge >= 0.3 is 6.18 Å². The summed E-state index contributed by atoms with van der Waals surface area (Å²) in [6.45, 7) is 0. The van der Waals surface area contributed by atoms with Gasteiger partial charge in [-0.25, -0.2) is 0 Å². The number of aromatic hydroxyl groups is 1. The fourth-order valence-electron chi connectivity index (χ4n) is 3.56. The van der Waals surface area contributed by atoms with Crippen molar-refractivity contribution in [2.45, 2.75) is 19.0 Å². The van der Waals surface area contributed by atoms with Crippen LogP contribution < -0.4 is 4.74 Å². The van der Waals surface area contributed by atoms with Crippen molar-refractivity contribution in [2.75, 3.05) is 7.11 Å². The molecule has 0 unspecified atom stereocenters. The van der Waals surface area contributed by atoms with Crippen molar-refractivity contribution in [3.63, 3.8) is 0 Å². The van der Waals surface area contributed by atoms with Crippen LogP contribution in [0.15, 0.2) is 42.5 Å². The minimum Gasteiger partial charge on any atom is -0.507 e. The Bertz CT molecular complexity index is 990. The zero-order chi connectivity index (χ0) is 17.8. The maximum absolute atomic E-state index is 13.0. The molecule has 1 aliphatic rings. The quantitative estimate of drug-likeness (QED) is 0.646. The van der Waals surface area contributed by atoms with Crippen LogP contribution in [-0.2, 0) is 19.0 Å². The smallest absolute Gasteiger partial charge is 0.416 e. The summed E-state index contributed by atoms with van der Waals surface area (Å²) in [6, 6.07) is 10.9. The summed E-state index contributed by atoms with van der Waals surface area (Å²) >= 11 is 0. The van der Waals surface area contributed by atoms with Gasteiger partial charge in [0.2, 0.25) is 0 Å². The number of fused-ring (bicyclic) bond motifs is 5. The van der Waals surface area contributed by atoms with Crippen LogP contribution in [-0.4, -0.2) is 12.2 Å². The standard InChI is InChI=1S/C20H15F3O2/c1-25-14-6-4-11-2-3-12-8-18(24)17-9-13(20(21,22)23)5-7-15(17)19(12)16(11)10-14/h4-10,24H,2-3H2,1H3. The molecule has 128 valence electrons. The van der Waals surface area contributed by atoms with E-state index in [4.69, 9.17) is 4.74 Å². The van der Waals surface area contributed by atoms with Crippen LogP contribution in [0.2, 0.25) is 0 Å². The molecule has 1 aliphatic carbocycles. The van der Waals surface area contributed by atoms with Gasteiger partial charge in [0.15, 0.2) is 0 Å². The minimum absolute atomic E-state index is 0.119. The number of rotatable bonds is 1. The summed E-state index contributed by atoms with van der Waals surface area (Å²) in [5.41, 5.74) is 3.12. The molecular weight excluding hydrogens is 329 g/mol. The number of aryl methyl sites for hydroxylation is 2. The molecule has 2 nitrogen and oxygen atoms in total. The number of hydrogen-bond donors (Lipinski definition) is 1. The fraction of sp³-hybridized carbons (Fsp3) is 0.200. The Labute approximate surface area is 142 Å². The highest BCUT2D eigenvalue weighted by Gasteiger charge is 2.31. The van der Waals surface area contributed by atoms with Gasteiger partial charge in [0.25, 0.3) is 0 Å². The number of methoxy groups -OCH3 is 1. The molecule has 0 atom stereocenters. The molecule has 0 fully saturated rings. The van der Waals surface area contributed by atoms with Gasteiger partial charge in [-0.05, 0) is 70.8 Å². The van der Waals surface area contributed by atoms with Gasteiger partial charge in [-0.1, -0.05) is 12.1 Å². The van der Waals surface area contributed by atoms with E-state index in [0.29, 0.717) is 11.1 Å². The highest BCUT2D eigenvalue weighted by Crippen LogP contribution is 2.44. The van der Waals surface area contributed by atoms with Gasteiger partial charge in [0.05, 0.1) is 12.7 Å². The molecule has 3 aromatic rings. The minimum atomic E-state index is -4.45. The van der Waals surface area contributed by atoms with Gasteiger partial charge in [0, 0.05) is 5.39 Å². The van der Waals surface area contributed by atoms with Crippen LogP contribution in [0.4, 0.5) is 13.2 Å². The Balaban J connectivity index is 2.04. The maximum atomic E-state index is 13.0. The molecular formula is C20H15F3O2. The summed E-state index contributed by atoms with van der Waals surface area (Å²) in [7, 11) is 1.58. The molecule has 0 spiro atoms. The molecule has 0 radical (unpaired) electrons. The number of phenols is 1. The van der Waals surface area contributed by atoms with Crippen molar-refractivity contribution >= 4 is 10.8 Å². The highest BCUT2D eigenvalue weighted by molar-refractivity contribution is 6.03. The number of hydrogen-bond acceptors (Lipinski definition) is 2. The molecule has 25 heavy (non-hydrogen) atoms. The molecule has 0 saturated heterocycles. The fourth-order valence-corrected chi connectivity index (χ4v) is 3.56. The molecule has 3 aromatic carbocycles. The Kier molecular flexibility index (Phi) is 3.42. The van der Waals surface area contributed by atoms with Crippen molar-refractivity contribution in [2.24, 2.45) is 0 Å². The number of phenolic OH excluding ortho intramolecular Hbond substituents is 1. The average molecular weight is 344 g/mol. The van der Waals surface area contributed by atoms with Crippen LogP contribution in [0, 0.1) is 0 Å². The lowest BCUT2D eigenvalue weighted by molar-refractivity contribution is -0.137. The molecule has 0 amide bonds. The SMILES string of the molecule is COc1ccc2c(c1)-c1c(cc(O)c3cc(C(F)(F)F)ccc13)CC2. The van der Waals surface area contributed by atoms with Crippen molar-refractivity contribution in [3.8, 4) is 22.6 Å². The number of ether oxygens (including phenoxy) is 1. The van der Waals surface area contributed by atoms with E-state index in [1.54, 1.807) is 13.2 Å². The topological polar surface area (TPSA) is 29.5 Å². The normalized spacial score (nSPS) is 13.4. The molecule has 0 heterocycles. The van der Waals surface area contributed by atoms with Crippen LogP contribution >= 0.6 is 0 Å². The Morgan fingerprint density at radius 3 is 2.40 bits per heavy atom. The molecule has 4 rings (SSSR count). The Morgan fingerprint density at radius 2 is 1.68 bits per heavy atom. The van der Waals surface area contributed by atoms with E-state index in [0.717, 1.165) is 47.2 Å². The molecule has 5 heteroatoms. The van der Waals surface area contributed by atoms with E-state index in [-0.39, 0.29) is 11.1 Å². The number of benzene rings is 3. The molecule has 0 bridgehead atoms. The largest absolute Gasteiger partial charge is 0.507 e. The zero-order valence-corrected chi connectivity index (χ0v) is 13.4. The van der Waals surface area contributed by atoms with Crippen molar-refractivity contribution in [1.82, 2.24) is 0 Å². The average Bonchev–Trinajstić information content (AvgIpc) is 2.59. The lowest BCUT2D eigenvalue weighted by Gasteiger charge is -2.23. The number of alkyl halides is 3. The lowest BCUT2D eigenvalue weighted by atomic mass is 9.82.